The van der Waals surface area contributed by atoms with Crippen molar-refractivity contribution in [1.29, 1.82) is 0 Å². The number of nitrogens with zero attached hydrogens (tertiary/aromatic N) is 2. The van der Waals surface area contributed by atoms with Gasteiger partial charge in [0.2, 0.25) is 13.1 Å². The molecule has 0 rings (SSSR count). The minimum atomic E-state index is 0.597. The number of hydrogen-bond acceptors (Lipinski definition) is 1. The molecule has 3 nitrogen and oxygen atoms in total. The maximum atomic E-state index is 6.23. The van der Waals surface area contributed by atoms with Gasteiger partial charge in [-0.2, -0.15) is 0 Å². The summed E-state index contributed by atoms with van der Waals surface area (Å²) in [6, 6.07) is 0. The number of rotatable bonds is 3. The van der Waals surface area contributed by atoms with Crippen molar-refractivity contribution in [1.82, 2.24) is 0 Å². The lowest BCUT2D eigenvalue weighted by Gasteiger charge is -1.70. The molecule has 82 valence electrons. The average molecular weight is 262 g/mol. The van der Waals surface area contributed by atoms with Crippen molar-refractivity contribution in [2.75, 3.05) is 25.0 Å². The lowest BCUT2D eigenvalue weighted by atomic mass is 10.5. The molecule has 0 bridgehead atoms. The molecule has 0 saturated heterocycles. The zero-order chi connectivity index (χ0) is 11.7. The van der Waals surface area contributed by atoms with Crippen LogP contribution in [0.3, 0.4) is 0 Å². The zero-order valence-corrected chi connectivity index (χ0v) is 10.7. The Morgan fingerprint density at radius 3 is 1.50 bits per heavy atom. The van der Waals surface area contributed by atoms with Crippen LogP contribution in [0.4, 0.5) is 0 Å². The molecule has 0 aromatic heterocycles. The molecule has 2 N–H and O–H groups in total. The van der Waals surface area contributed by atoms with Gasteiger partial charge in [0, 0.05) is 6.42 Å². The molecule has 0 aliphatic rings. The van der Waals surface area contributed by atoms with Gasteiger partial charge in [0.15, 0.2) is 0 Å². The molecule has 0 heterocycles. The van der Waals surface area contributed by atoms with Gasteiger partial charge >= 0.3 is 0 Å². The molecule has 4 heteroatoms. The highest BCUT2D eigenvalue weighted by molar-refractivity contribution is 9.09. The maximum Gasteiger partial charge on any atom is 0.224 e. The first-order chi connectivity index (χ1) is 6.74. The molecule has 0 fully saturated rings. The highest BCUT2D eigenvalue weighted by atomic mass is 79.9. The standard InChI is InChI=1S/C4H7N.C3H4BrN.C3H9N/c1-3-4-5-2;1-5-3-2-4;1-2-3-4/h3-4H2,1H3;2-3H2;2-4H2,1H3. The van der Waals surface area contributed by atoms with E-state index in [-0.39, 0.29) is 0 Å². The second-order valence-electron chi connectivity index (χ2n) is 2.24. The van der Waals surface area contributed by atoms with E-state index in [2.05, 4.69) is 32.5 Å². The number of halogens is 1. The molecule has 0 aliphatic carbocycles. The molecule has 14 heavy (non-hydrogen) atoms. The van der Waals surface area contributed by atoms with Crippen LogP contribution in [0.5, 0.6) is 0 Å². The van der Waals surface area contributed by atoms with Crippen molar-refractivity contribution in [3.8, 4) is 0 Å². The Morgan fingerprint density at radius 2 is 1.50 bits per heavy atom. The van der Waals surface area contributed by atoms with E-state index < -0.39 is 0 Å². The monoisotopic (exact) mass is 261 g/mol. The van der Waals surface area contributed by atoms with Crippen LogP contribution in [0.15, 0.2) is 0 Å². The minimum absolute atomic E-state index is 0.597. The SMILES string of the molecule is CCCN.[C-]#[N+]CCBr.[C-]#[N+]CCC. The van der Waals surface area contributed by atoms with Crippen molar-refractivity contribution in [3.63, 3.8) is 0 Å². The predicted octanol–water partition coefficient (Wildman–Crippen LogP) is 2.97. The Labute approximate surface area is 96.4 Å². The Kier molecular flexibility index (Phi) is 40.1. The summed E-state index contributed by atoms with van der Waals surface area (Å²) in [7, 11) is 0. The van der Waals surface area contributed by atoms with E-state index in [9.17, 15) is 0 Å². The third-order valence-electron chi connectivity index (χ3n) is 0.820. The molecule has 0 amide bonds. The van der Waals surface area contributed by atoms with Crippen LogP contribution in [0, 0.1) is 13.1 Å². The minimum Gasteiger partial charge on any atom is -0.330 e. The van der Waals surface area contributed by atoms with Crippen LogP contribution in [0.1, 0.15) is 26.7 Å². The molecule has 0 radical (unpaired) electrons. The van der Waals surface area contributed by atoms with Gasteiger partial charge in [-0.05, 0) is 13.0 Å². The first kappa shape index (κ1) is 19.1. The summed E-state index contributed by atoms with van der Waals surface area (Å²) in [6.45, 7) is 18.6. The van der Waals surface area contributed by atoms with Crippen molar-refractivity contribution in [2.24, 2.45) is 5.73 Å². The van der Waals surface area contributed by atoms with Crippen LogP contribution in [-0.4, -0.2) is 25.0 Å². The van der Waals surface area contributed by atoms with Crippen LogP contribution in [0.25, 0.3) is 9.69 Å². The van der Waals surface area contributed by atoms with Crippen molar-refractivity contribution in [3.05, 3.63) is 22.8 Å². The fourth-order valence-corrected chi connectivity index (χ4v) is 0.331. The maximum absolute atomic E-state index is 6.23. The number of alkyl halides is 1. The summed E-state index contributed by atoms with van der Waals surface area (Å²) >= 11 is 3.10. The fourth-order valence-electron chi connectivity index (χ4n) is 0.154. The largest absolute Gasteiger partial charge is 0.330 e. The topological polar surface area (TPSA) is 34.7 Å². The van der Waals surface area contributed by atoms with Crippen LogP contribution in [-0.2, 0) is 0 Å². The third-order valence-corrected chi connectivity index (χ3v) is 1.18. The van der Waals surface area contributed by atoms with E-state index in [4.69, 9.17) is 18.9 Å². The summed E-state index contributed by atoms with van der Waals surface area (Å²) < 4.78 is 0. The summed E-state index contributed by atoms with van der Waals surface area (Å²) in [6.07, 6.45) is 2.09. The fraction of sp³-hybridized carbons (Fsp3) is 0.800. The van der Waals surface area contributed by atoms with Gasteiger partial charge in [-0.1, -0.05) is 29.8 Å². The van der Waals surface area contributed by atoms with Gasteiger partial charge < -0.3 is 15.4 Å². The van der Waals surface area contributed by atoms with Crippen molar-refractivity contribution >= 4 is 15.9 Å². The smallest absolute Gasteiger partial charge is 0.224 e. The second kappa shape index (κ2) is 29.4. The lowest BCUT2D eigenvalue weighted by molar-refractivity contribution is 0.932. The predicted molar refractivity (Wildman–Crippen MR) is 66.4 cm³/mol. The third kappa shape index (κ3) is 63.5. The molecule has 0 saturated carbocycles. The molecule has 0 aliphatic heterocycles. The molecule has 0 aromatic rings. The van der Waals surface area contributed by atoms with E-state index in [0.29, 0.717) is 13.1 Å². The first-order valence-corrected chi connectivity index (χ1v) is 5.79. The molecule has 0 atom stereocenters. The molecular formula is C10H20BrN3. The summed E-state index contributed by atoms with van der Waals surface area (Å²) in [5.74, 6) is 0. The van der Waals surface area contributed by atoms with Gasteiger partial charge in [0.25, 0.3) is 0 Å². The molecule has 0 unspecified atom stereocenters. The quantitative estimate of drug-likeness (QED) is 0.616. The van der Waals surface area contributed by atoms with E-state index >= 15 is 0 Å². The van der Waals surface area contributed by atoms with E-state index in [0.717, 1.165) is 24.7 Å². The Bertz CT molecular complexity index is 128. The van der Waals surface area contributed by atoms with Crippen LogP contribution >= 0.6 is 15.9 Å². The lowest BCUT2D eigenvalue weighted by Crippen LogP contribution is -1.93. The van der Waals surface area contributed by atoms with Crippen molar-refractivity contribution < 1.29 is 0 Å². The highest BCUT2D eigenvalue weighted by Gasteiger charge is 1.70. The number of nitrogens with two attached hydrogens (primary N) is 1. The summed E-state index contributed by atoms with van der Waals surface area (Å²) in [4.78, 5) is 6.16. The van der Waals surface area contributed by atoms with Gasteiger partial charge in [-0.25, -0.2) is 13.1 Å². The Balaban J connectivity index is -0.000000131. The van der Waals surface area contributed by atoms with Crippen molar-refractivity contribution in [2.45, 2.75) is 26.7 Å². The van der Waals surface area contributed by atoms with Gasteiger partial charge in [0.05, 0.1) is 5.33 Å². The van der Waals surface area contributed by atoms with Crippen LogP contribution in [0.2, 0.25) is 0 Å². The summed E-state index contributed by atoms with van der Waals surface area (Å²) in [5, 5.41) is 0.802. The molecule has 0 spiro atoms. The van der Waals surface area contributed by atoms with E-state index in [1.807, 2.05) is 6.92 Å². The van der Waals surface area contributed by atoms with E-state index in [1.165, 1.54) is 0 Å². The van der Waals surface area contributed by atoms with Gasteiger partial charge in [-0.3, -0.25) is 0 Å². The molecular weight excluding hydrogens is 242 g/mol. The van der Waals surface area contributed by atoms with Gasteiger partial charge in [0.1, 0.15) is 0 Å². The van der Waals surface area contributed by atoms with Crippen LogP contribution < -0.4 is 5.73 Å². The highest BCUT2D eigenvalue weighted by Crippen LogP contribution is 1.76. The first-order valence-electron chi connectivity index (χ1n) is 4.67. The summed E-state index contributed by atoms with van der Waals surface area (Å²) in [5.41, 5.74) is 5.03. The molecule has 0 aromatic carbocycles. The van der Waals surface area contributed by atoms with Gasteiger partial charge in [-0.15, -0.1) is 0 Å². The van der Waals surface area contributed by atoms with E-state index in [1.54, 1.807) is 0 Å². The zero-order valence-electron chi connectivity index (χ0n) is 9.09. The normalized spacial score (nSPS) is 6.71. The Morgan fingerprint density at radius 1 is 1.07 bits per heavy atom. The second-order valence-corrected chi connectivity index (χ2v) is 3.03. The Hall–Kier alpha value is -0.580. The number of hydrogen-bond donors (Lipinski definition) is 1. The average Bonchev–Trinajstić information content (AvgIpc) is 2.22.